The SMILES string of the molecule is COc1ccc2c(c1)c(/C=C1\Oc3c(ccc4c3CN(Cc3ccc(Cl)c(Cl)c3)CO4)C1=O)cn2C. The number of carbonyl (C=O) groups excluding carboxylic acids is 1. The first kappa shape index (κ1) is 23.0. The Morgan fingerprint density at radius 3 is 2.75 bits per heavy atom. The zero-order chi connectivity index (χ0) is 25.0. The number of ketones is 1. The van der Waals surface area contributed by atoms with E-state index < -0.39 is 0 Å². The Morgan fingerprint density at radius 2 is 1.94 bits per heavy atom. The predicted molar refractivity (Wildman–Crippen MR) is 140 cm³/mol. The highest BCUT2D eigenvalue weighted by Gasteiger charge is 2.34. The van der Waals surface area contributed by atoms with Gasteiger partial charge in [-0.05, 0) is 54.1 Å². The summed E-state index contributed by atoms with van der Waals surface area (Å²) < 4.78 is 19.6. The van der Waals surface area contributed by atoms with Gasteiger partial charge in [0.05, 0.1) is 28.3 Å². The van der Waals surface area contributed by atoms with E-state index in [-0.39, 0.29) is 11.5 Å². The topological polar surface area (TPSA) is 52.9 Å². The number of ether oxygens (including phenoxy) is 3. The molecule has 6 rings (SSSR count). The maximum Gasteiger partial charge on any atom is 0.231 e. The molecule has 8 heteroatoms. The van der Waals surface area contributed by atoms with Gasteiger partial charge in [-0.2, -0.15) is 0 Å². The standard InChI is InChI=1S/C28H22Cl2N2O4/c1-31-13-17(20-11-18(34-2)4-7-24(20)31)10-26-27(33)19-5-8-25-21(28(19)36-26)14-32(15-35-25)12-16-3-6-22(29)23(30)9-16/h3-11,13H,12,14-15H2,1-2H3/b26-10-. The van der Waals surface area contributed by atoms with Crippen LogP contribution in [0, 0.1) is 0 Å². The molecule has 1 aromatic heterocycles. The van der Waals surface area contributed by atoms with E-state index in [1.165, 1.54) is 0 Å². The first-order chi connectivity index (χ1) is 17.4. The number of hydrogen-bond acceptors (Lipinski definition) is 5. The van der Waals surface area contributed by atoms with Crippen LogP contribution in [0.1, 0.15) is 27.0 Å². The van der Waals surface area contributed by atoms with Crippen molar-refractivity contribution in [3.8, 4) is 17.2 Å². The Morgan fingerprint density at radius 1 is 1.08 bits per heavy atom. The number of fused-ring (bicyclic) bond motifs is 4. The summed E-state index contributed by atoms with van der Waals surface area (Å²) in [5, 5.41) is 2.02. The maximum absolute atomic E-state index is 13.3. The Kier molecular flexibility index (Phi) is 5.67. The van der Waals surface area contributed by atoms with E-state index in [0.717, 1.165) is 39.1 Å². The molecule has 0 radical (unpaired) electrons. The molecule has 0 N–H and O–H groups in total. The summed E-state index contributed by atoms with van der Waals surface area (Å²) in [4.78, 5) is 15.4. The minimum Gasteiger partial charge on any atom is -0.497 e. The summed E-state index contributed by atoms with van der Waals surface area (Å²) in [6, 6.07) is 15.1. The molecule has 0 unspecified atom stereocenters. The fourth-order valence-electron chi connectivity index (χ4n) is 4.79. The van der Waals surface area contributed by atoms with Crippen molar-refractivity contribution in [3.05, 3.63) is 92.8 Å². The highest BCUT2D eigenvalue weighted by Crippen LogP contribution is 2.42. The molecule has 182 valence electrons. The fraction of sp³-hybridized carbons (Fsp3) is 0.179. The maximum atomic E-state index is 13.3. The van der Waals surface area contributed by atoms with E-state index in [9.17, 15) is 4.79 Å². The number of hydrogen-bond donors (Lipinski definition) is 0. The minimum absolute atomic E-state index is 0.144. The molecule has 0 amide bonds. The van der Waals surface area contributed by atoms with Gasteiger partial charge < -0.3 is 18.8 Å². The van der Waals surface area contributed by atoms with E-state index in [1.807, 2.05) is 54.2 Å². The molecule has 0 spiro atoms. The summed E-state index contributed by atoms with van der Waals surface area (Å²) in [6.07, 6.45) is 3.78. The van der Waals surface area contributed by atoms with Crippen LogP contribution in [0.25, 0.3) is 17.0 Å². The smallest absolute Gasteiger partial charge is 0.231 e. The van der Waals surface area contributed by atoms with Crippen LogP contribution in [0.5, 0.6) is 17.2 Å². The molecule has 2 aliphatic rings. The molecule has 0 saturated heterocycles. The lowest BCUT2D eigenvalue weighted by Crippen LogP contribution is -2.31. The van der Waals surface area contributed by atoms with Crippen LogP contribution < -0.4 is 14.2 Å². The van der Waals surface area contributed by atoms with Crippen molar-refractivity contribution in [1.82, 2.24) is 9.47 Å². The molecule has 6 nitrogen and oxygen atoms in total. The van der Waals surface area contributed by atoms with Gasteiger partial charge >= 0.3 is 0 Å². The zero-order valence-corrected chi connectivity index (χ0v) is 21.2. The summed E-state index contributed by atoms with van der Waals surface area (Å²) >= 11 is 12.2. The van der Waals surface area contributed by atoms with E-state index in [1.54, 1.807) is 25.3 Å². The minimum atomic E-state index is -0.144. The lowest BCUT2D eigenvalue weighted by atomic mass is 10.0. The van der Waals surface area contributed by atoms with Crippen LogP contribution in [0.4, 0.5) is 0 Å². The predicted octanol–water partition coefficient (Wildman–Crippen LogP) is 6.46. The van der Waals surface area contributed by atoms with E-state index in [4.69, 9.17) is 37.4 Å². The number of aromatic nitrogens is 1. The lowest BCUT2D eigenvalue weighted by molar-refractivity contribution is 0.0873. The highest BCUT2D eigenvalue weighted by atomic mass is 35.5. The van der Waals surface area contributed by atoms with Crippen molar-refractivity contribution in [1.29, 1.82) is 0 Å². The third-order valence-electron chi connectivity index (χ3n) is 6.59. The number of aryl methyl sites for hydroxylation is 1. The monoisotopic (exact) mass is 520 g/mol. The summed E-state index contributed by atoms with van der Waals surface area (Å²) in [5.41, 5.74) is 4.34. The third kappa shape index (κ3) is 3.91. The van der Waals surface area contributed by atoms with E-state index >= 15 is 0 Å². The number of rotatable bonds is 4. The normalized spacial score (nSPS) is 16.1. The molecule has 0 saturated carbocycles. The molecule has 3 heterocycles. The molecule has 0 atom stereocenters. The number of halogens is 2. The van der Waals surface area contributed by atoms with Gasteiger partial charge in [0.25, 0.3) is 0 Å². The molecular formula is C28H22Cl2N2O4. The van der Waals surface area contributed by atoms with Crippen LogP contribution in [0.2, 0.25) is 10.0 Å². The molecular weight excluding hydrogens is 499 g/mol. The second-order valence-electron chi connectivity index (χ2n) is 8.95. The van der Waals surface area contributed by atoms with Gasteiger partial charge in [0.1, 0.15) is 24.0 Å². The first-order valence-electron chi connectivity index (χ1n) is 11.4. The van der Waals surface area contributed by atoms with Crippen molar-refractivity contribution < 1.29 is 19.0 Å². The van der Waals surface area contributed by atoms with E-state index in [2.05, 4.69) is 4.90 Å². The van der Waals surface area contributed by atoms with Crippen LogP contribution in [0.3, 0.4) is 0 Å². The Balaban J connectivity index is 1.31. The molecule has 3 aromatic carbocycles. The van der Waals surface area contributed by atoms with Crippen LogP contribution in [-0.4, -0.2) is 29.1 Å². The van der Waals surface area contributed by atoms with Gasteiger partial charge in [0.2, 0.25) is 5.78 Å². The van der Waals surface area contributed by atoms with E-state index in [0.29, 0.717) is 41.2 Å². The van der Waals surface area contributed by atoms with Crippen molar-refractivity contribution in [3.63, 3.8) is 0 Å². The molecule has 2 aliphatic heterocycles. The zero-order valence-electron chi connectivity index (χ0n) is 19.7. The first-order valence-corrected chi connectivity index (χ1v) is 12.2. The summed E-state index contributed by atoms with van der Waals surface area (Å²) in [6.45, 7) is 1.61. The van der Waals surface area contributed by atoms with Crippen LogP contribution >= 0.6 is 23.2 Å². The van der Waals surface area contributed by atoms with Gasteiger partial charge in [0.15, 0.2) is 5.76 Å². The quantitative estimate of drug-likeness (QED) is 0.289. The van der Waals surface area contributed by atoms with Crippen molar-refractivity contribution >= 4 is 46.0 Å². The molecule has 0 aliphatic carbocycles. The van der Waals surface area contributed by atoms with Crippen molar-refractivity contribution in [2.45, 2.75) is 13.1 Å². The number of Topliss-reactive ketones (excluding diaryl/α,β-unsaturated/α-hetero) is 1. The Labute approximate surface area is 218 Å². The van der Waals surface area contributed by atoms with Gasteiger partial charge in [-0.15, -0.1) is 0 Å². The Bertz CT molecular complexity index is 1570. The average Bonchev–Trinajstić information content (AvgIpc) is 3.37. The molecule has 4 aromatic rings. The van der Waals surface area contributed by atoms with Gasteiger partial charge in [-0.3, -0.25) is 9.69 Å². The summed E-state index contributed by atoms with van der Waals surface area (Å²) in [5.74, 6) is 2.18. The van der Waals surface area contributed by atoms with Gasteiger partial charge in [-0.25, -0.2) is 0 Å². The Hall–Kier alpha value is -3.45. The third-order valence-corrected chi connectivity index (χ3v) is 7.33. The van der Waals surface area contributed by atoms with Crippen LogP contribution in [0.15, 0.2) is 60.5 Å². The lowest BCUT2D eigenvalue weighted by Gasteiger charge is -2.29. The number of methoxy groups -OCH3 is 1. The number of allylic oxidation sites excluding steroid dienone is 1. The van der Waals surface area contributed by atoms with Crippen molar-refractivity contribution in [2.24, 2.45) is 7.05 Å². The van der Waals surface area contributed by atoms with Crippen LogP contribution in [-0.2, 0) is 20.1 Å². The number of carbonyl (C=O) groups is 1. The average molecular weight is 521 g/mol. The molecule has 0 fully saturated rings. The van der Waals surface area contributed by atoms with Gasteiger partial charge in [0, 0.05) is 42.8 Å². The van der Waals surface area contributed by atoms with Gasteiger partial charge in [-0.1, -0.05) is 29.3 Å². The largest absolute Gasteiger partial charge is 0.497 e. The highest BCUT2D eigenvalue weighted by molar-refractivity contribution is 6.42. The fourth-order valence-corrected chi connectivity index (χ4v) is 5.11. The van der Waals surface area contributed by atoms with Crippen molar-refractivity contribution in [2.75, 3.05) is 13.8 Å². The summed E-state index contributed by atoms with van der Waals surface area (Å²) in [7, 11) is 3.61. The number of benzene rings is 3. The number of nitrogens with zero attached hydrogens (tertiary/aromatic N) is 2. The molecule has 0 bridgehead atoms. The molecule has 36 heavy (non-hydrogen) atoms. The second kappa shape index (κ2) is 8.89. The second-order valence-corrected chi connectivity index (χ2v) is 9.76.